The van der Waals surface area contributed by atoms with Gasteiger partial charge in [0.2, 0.25) is 5.82 Å². The largest absolute Gasteiger partial charge is 0.360 e. The van der Waals surface area contributed by atoms with E-state index in [1.165, 1.54) is 17.7 Å². The second kappa shape index (κ2) is 5.61. The first-order valence-electron chi connectivity index (χ1n) is 6.68. The Bertz CT molecular complexity index is 930. The predicted octanol–water partition coefficient (Wildman–Crippen LogP) is 3.30. The maximum Gasteiger partial charge on any atom is 0.263 e. The van der Waals surface area contributed by atoms with Crippen molar-refractivity contribution in [2.45, 2.75) is 6.92 Å². The van der Waals surface area contributed by atoms with Gasteiger partial charge in [0, 0.05) is 12.3 Å². The molecule has 0 aliphatic heterocycles. The van der Waals surface area contributed by atoms with Crippen LogP contribution in [0.4, 0.5) is 11.6 Å². The van der Waals surface area contributed by atoms with Gasteiger partial charge in [0.05, 0.1) is 4.88 Å². The lowest BCUT2D eigenvalue weighted by atomic mass is 10.3. The number of hydrogen-bond donors (Lipinski definition) is 1. The SMILES string of the molecule is Cc1cc(Nc2ncncc2-c2nc(-c3cccs3)no2)no1. The quantitative estimate of drug-likeness (QED) is 0.609. The highest BCUT2D eigenvalue weighted by atomic mass is 32.1. The molecule has 4 aromatic rings. The number of nitrogens with one attached hydrogen (secondary N) is 1. The molecule has 23 heavy (non-hydrogen) atoms. The van der Waals surface area contributed by atoms with Crippen LogP contribution in [0.15, 0.2) is 45.1 Å². The minimum absolute atomic E-state index is 0.330. The van der Waals surface area contributed by atoms with Gasteiger partial charge in [0.1, 0.15) is 23.5 Å². The van der Waals surface area contributed by atoms with Crippen molar-refractivity contribution in [3.63, 3.8) is 0 Å². The van der Waals surface area contributed by atoms with Gasteiger partial charge in [-0.3, -0.25) is 0 Å². The molecular weight excluding hydrogens is 316 g/mol. The van der Waals surface area contributed by atoms with Crippen LogP contribution in [0.1, 0.15) is 5.76 Å². The number of rotatable bonds is 4. The van der Waals surface area contributed by atoms with Gasteiger partial charge in [0.25, 0.3) is 5.89 Å². The van der Waals surface area contributed by atoms with Crippen molar-refractivity contribution in [3.05, 3.63) is 41.9 Å². The smallest absolute Gasteiger partial charge is 0.263 e. The van der Waals surface area contributed by atoms with Gasteiger partial charge in [-0.25, -0.2) is 9.97 Å². The maximum absolute atomic E-state index is 5.34. The topological polar surface area (TPSA) is 103 Å². The molecule has 4 rings (SSSR count). The third kappa shape index (κ3) is 2.69. The second-order valence-corrected chi connectivity index (χ2v) is 5.58. The van der Waals surface area contributed by atoms with Gasteiger partial charge < -0.3 is 14.4 Å². The lowest BCUT2D eigenvalue weighted by Crippen LogP contribution is -1.97. The highest BCUT2D eigenvalue weighted by Gasteiger charge is 2.16. The Morgan fingerprint density at radius 2 is 2.17 bits per heavy atom. The minimum atomic E-state index is 0.330. The molecule has 0 bridgehead atoms. The molecule has 0 aromatic carbocycles. The van der Waals surface area contributed by atoms with Crippen LogP contribution in [0, 0.1) is 6.92 Å². The molecule has 4 heterocycles. The van der Waals surface area contributed by atoms with E-state index in [0.29, 0.717) is 34.7 Å². The van der Waals surface area contributed by atoms with Gasteiger partial charge in [0.15, 0.2) is 5.82 Å². The number of nitrogens with zero attached hydrogens (tertiary/aromatic N) is 5. The molecule has 114 valence electrons. The number of hydrogen-bond acceptors (Lipinski definition) is 9. The van der Waals surface area contributed by atoms with E-state index < -0.39 is 0 Å². The monoisotopic (exact) mass is 326 g/mol. The van der Waals surface area contributed by atoms with Crippen LogP contribution in [-0.4, -0.2) is 25.3 Å². The van der Waals surface area contributed by atoms with Gasteiger partial charge >= 0.3 is 0 Å². The molecule has 0 saturated carbocycles. The molecule has 0 aliphatic carbocycles. The van der Waals surface area contributed by atoms with E-state index >= 15 is 0 Å². The van der Waals surface area contributed by atoms with Crippen LogP contribution in [0.3, 0.4) is 0 Å². The predicted molar refractivity (Wildman–Crippen MR) is 83.2 cm³/mol. The van der Waals surface area contributed by atoms with Crippen LogP contribution >= 0.6 is 11.3 Å². The highest BCUT2D eigenvalue weighted by molar-refractivity contribution is 7.13. The average molecular weight is 326 g/mol. The van der Waals surface area contributed by atoms with E-state index in [1.54, 1.807) is 12.3 Å². The van der Waals surface area contributed by atoms with Crippen LogP contribution in [0.25, 0.3) is 22.2 Å². The zero-order valence-electron chi connectivity index (χ0n) is 11.9. The molecule has 9 heteroatoms. The average Bonchev–Trinajstić information content (AvgIpc) is 3.28. The molecule has 0 atom stereocenters. The van der Waals surface area contributed by atoms with Crippen molar-refractivity contribution in [3.8, 4) is 22.2 Å². The Balaban J connectivity index is 1.69. The standard InChI is InChI=1S/C14H10N6O2S/c1-8-5-11(19-21-8)17-12-9(6-15-7-16-12)14-18-13(20-22-14)10-3-2-4-23-10/h2-7H,1H3,(H,15,16,17,19). The fourth-order valence-electron chi connectivity index (χ4n) is 1.97. The molecule has 0 radical (unpaired) electrons. The summed E-state index contributed by atoms with van der Waals surface area (Å²) in [5.74, 6) is 2.61. The Morgan fingerprint density at radius 3 is 2.96 bits per heavy atom. The molecule has 0 spiro atoms. The number of aromatic nitrogens is 5. The lowest BCUT2D eigenvalue weighted by Gasteiger charge is -2.03. The fraction of sp³-hybridized carbons (Fsp3) is 0.0714. The van der Waals surface area contributed by atoms with Crippen LogP contribution in [0.5, 0.6) is 0 Å². The Kier molecular flexibility index (Phi) is 3.31. The first-order valence-corrected chi connectivity index (χ1v) is 7.56. The van der Waals surface area contributed by atoms with E-state index in [9.17, 15) is 0 Å². The Hall–Kier alpha value is -3.07. The summed E-state index contributed by atoms with van der Waals surface area (Å²) in [6.45, 7) is 1.81. The van der Waals surface area contributed by atoms with Crippen molar-refractivity contribution in [1.29, 1.82) is 0 Å². The molecule has 4 aromatic heterocycles. The molecule has 0 unspecified atom stereocenters. The lowest BCUT2D eigenvalue weighted by molar-refractivity contribution is 0.400. The first kappa shape index (κ1) is 13.6. The molecule has 0 saturated heterocycles. The van der Waals surface area contributed by atoms with Crippen LogP contribution in [-0.2, 0) is 0 Å². The van der Waals surface area contributed by atoms with Crippen molar-refractivity contribution < 1.29 is 9.05 Å². The van der Waals surface area contributed by atoms with Crippen molar-refractivity contribution in [1.82, 2.24) is 25.3 Å². The van der Waals surface area contributed by atoms with E-state index in [1.807, 2.05) is 24.4 Å². The van der Waals surface area contributed by atoms with Gasteiger partial charge in [-0.2, -0.15) is 4.98 Å². The van der Waals surface area contributed by atoms with Crippen LogP contribution in [0.2, 0.25) is 0 Å². The zero-order valence-corrected chi connectivity index (χ0v) is 12.7. The van der Waals surface area contributed by atoms with Crippen molar-refractivity contribution >= 4 is 23.0 Å². The van der Waals surface area contributed by atoms with E-state index in [4.69, 9.17) is 9.05 Å². The summed E-state index contributed by atoms with van der Waals surface area (Å²) in [5, 5.41) is 12.9. The van der Waals surface area contributed by atoms with Gasteiger partial charge in [-0.1, -0.05) is 16.4 Å². The molecule has 0 fully saturated rings. The van der Waals surface area contributed by atoms with Gasteiger partial charge in [-0.05, 0) is 18.4 Å². The summed E-state index contributed by atoms with van der Waals surface area (Å²) >= 11 is 1.54. The number of thiophene rings is 1. The van der Waals surface area contributed by atoms with E-state index in [2.05, 4.69) is 30.6 Å². The van der Waals surface area contributed by atoms with Crippen molar-refractivity contribution in [2.24, 2.45) is 0 Å². The normalized spacial score (nSPS) is 10.8. The summed E-state index contributed by atoms with van der Waals surface area (Å²) in [7, 11) is 0. The molecule has 0 amide bonds. The highest BCUT2D eigenvalue weighted by Crippen LogP contribution is 2.29. The van der Waals surface area contributed by atoms with Gasteiger partial charge in [-0.15, -0.1) is 11.3 Å². The Labute approximate surface area is 134 Å². The van der Waals surface area contributed by atoms with Crippen molar-refractivity contribution in [2.75, 3.05) is 5.32 Å². The van der Waals surface area contributed by atoms with E-state index in [-0.39, 0.29) is 0 Å². The summed E-state index contributed by atoms with van der Waals surface area (Å²) in [6, 6.07) is 5.62. The third-order valence-electron chi connectivity index (χ3n) is 2.98. The fourth-order valence-corrected chi connectivity index (χ4v) is 2.62. The zero-order chi connectivity index (χ0) is 15.6. The van der Waals surface area contributed by atoms with Crippen LogP contribution < -0.4 is 5.32 Å². The second-order valence-electron chi connectivity index (χ2n) is 4.63. The van der Waals surface area contributed by atoms with E-state index in [0.717, 1.165) is 4.88 Å². The molecule has 0 aliphatic rings. The summed E-state index contributed by atoms with van der Waals surface area (Å²) < 4.78 is 10.4. The summed E-state index contributed by atoms with van der Waals surface area (Å²) in [6.07, 6.45) is 3.03. The summed E-state index contributed by atoms with van der Waals surface area (Å²) in [5.41, 5.74) is 0.587. The summed E-state index contributed by atoms with van der Waals surface area (Å²) in [4.78, 5) is 13.6. The molecule has 1 N–H and O–H groups in total. The Morgan fingerprint density at radius 1 is 1.22 bits per heavy atom. The molecule has 8 nitrogen and oxygen atoms in total. The first-order chi connectivity index (χ1) is 11.3. The maximum atomic E-state index is 5.34. The number of aryl methyl sites for hydroxylation is 1. The third-order valence-corrected chi connectivity index (χ3v) is 3.85. The number of anilines is 2. The minimum Gasteiger partial charge on any atom is -0.360 e. The molecular formula is C14H10N6O2S.